The van der Waals surface area contributed by atoms with Crippen LogP contribution in [0, 0.1) is 5.82 Å². The summed E-state index contributed by atoms with van der Waals surface area (Å²) in [7, 11) is 0. The Hall–Kier alpha value is -0.600. The molecule has 1 N–H and O–H groups in total. The molecule has 1 atom stereocenters. The molecule has 0 spiro atoms. The Kier molecular flexibility index (Phi) is 3.51. The highest BCUT2D eigenvalue weighted by molar-refractivity contribution is 6.30. The van der Waals surface area contributed by atoms with Crippen LogP contribution in [0.5, 0.6) is 0 Å². The molecule has 0 saturated carbocycles. The Morgan fingerprint density at radius 1 is 1.43 bits per heavy atom. The SMILES string of the molecule is CCC[C@@](C)(O)c1cc(F)cc(Cl)c1. The minimum absolute atomic E-state index is 0.316. The van der Waals surface area contributed by atoms with Crippen LogP contribution in [0.15, 0.2) is 18.2 Å². The second kappa shape index (κ2) is 4.28. The fourth-order valence-corrected chi connectivity index (χ4v) is 1.72. The van der Waals surface area contributed by atoms with Gasteiger partial charge in [0.2, 0.25) is 0 Å². The summed E-state index contributed by atoms with van der Waals surface area (Å²) >= 11 is 5.71. The van der Waals surface area contributed by atoms with E-state index in [4.69, 9.17) is 11.6 Å². The molecule has 1 rings (SSSR count). The lowest BCUT2D eigenvalue weighted by Crippen LogP contribution is -2.20. The maximum Gasteiger partial charge on any atom is 0.125 e. The Labute approximate surface area is 88.5 Å². The molecule has 0 aliphatic carbocycles. The lowest BCUT2D eigenvalue weighted by molar-refractivity contribution is 0.0466. The predicted molar refractivity (Wildman–Crippen MR) is 55.9 cm³/mol. The summed E-state index contributed by atoms with van der Waals surface area (Å²) in [5.74, 6) is -0.413. The van der Waals surface area contributed by atoms with Gasteiger partial charge in [-0.1, -0.05) is 24.9 Å². The highest BCUT2D eigenvalue weighted by atomic mass is 35.5. The third-order valence-electron chi connectivity index (χ3n) is 2.22. The third kappa shape index (κ3) is 2.69. The van der Waals surface area contributed by atoms with Crippen molar-refractivity contribution < 1.29 is 9.50 Å². The molecule has 1 nitrogen and oxygen atoms in total. The molecule has 78 valence electrons. The van der Waals surface area contributed by atoms with Gasteiger partial charge in [0.1, 0.15) is 5.82 Å². The van der Waals surface area contributed by atoms with Gasteiger partial charge in [-0.05, 0) is 37.1 Å². The quantitative estimate of drug-likeness (QED) is 0.820. The summed E-state index contributed by atoms with van der Waals surface area (Å²) in [4.78, 5) is 0. The fraction of sp³-hybridized carbons (Fsp3) is 0.455. The van der Waals surface area contributed by atoms with Crippen LogP contribution in [0.3, 0.4) is 0 Å². The van der Waals surface area contributed by atoms with Crippen LogP contribution >= 0.6 is 11.6 Å². The Bertz CT molecular complexity index is 303. The Morgan fingerprint density at radius 2 is 2.07 bits per heavy atom. The van der Waals surface area contributed by atoms with E-state index in [1.165, 1.54) is 12.1 Å². The molecule has 0 radical (unpaired) electrons. The van der Waals surface area contributed by atoms with Gasteiger partial charge in [0.05, 0.1) is 5.60 Å². The zero-order valence-electron chi connectivity index (χ0n) is 8.35. The van der Waals surface area contributed by atoms with Crippen molar-refractivity contribution in [1.82, 2.24) is 0 Å². The number of hydrogen-bond donors (Lipinski definition) is 1. The van der Waals surface area contributed by atoms with Crippen molar-refractivity contribution in [2.24, 2.45) is 0 Å². The standard InChI is InChI=1S/C11H14ClFO/c1-3-4-11(2,14)8-5-9(12)7-10(13)6-8/h5-7,14H,3-4H2,1-2H3/t11-/m1/s1. The molecule has 1 aromatic carbocycles. The van der Waals surface area contributed by atoms with Gasteiger partial charge in [0.15, 0.2) is 0 Å². The second-order valence-electron chi connectivity index (χ2n) is 3.68. The van der Waals surface area contributed by atoms with Crippen LogP contribution in [0.2, 0.25) is 5.02 Å². The van der Waals surface area contributed by atoms with Gasteiger partial charge in [-0.25, -0.2) is 4.39 Å². The number of aliphatic hydroxyl groups is 1. The van der Waals surface area contributed by atoms with Gasteiger partial charge in [-0.2, -0.15) is 0 Å². The van der Waals surface area contributed by atoms with Crippen LogP contribution < -0.4 is 0 Å². The summed E-state index contributed by atoms with van der Waals surface area (Å²) in [5, 5.41) is 10.3. The summed E-state index contributed by atoms with van der Waals surface area (Å²) in [5.41, 5.74) is -0.468. The highest BCUT2D eigenvalue weighted by Crippen LogP contribution is 2.28. The summed E-state index contributed by atoms with van der Waals surface area (Å²) < 4.78 is 13.0. The van der Waals surface area contributed by atoms with E-state index in [0.717, 1.165) is 6.42 Å². The van der Waals surface area contributed by atoms with Crippen molar-refractivity contribution in [1.29, 1.82) is 0 Å². The van der Waals surface area contributed by atoms with Gasteiger partial charge in [-0.3, -0.25) is 0 Å². The average Bonchev–Trinajstić information content (AvgIpc) is 2.02. The van der Waals surface area contributed by atoms with Crippen molar-refractivity contribution >= 4 is 11.6 Å². The van der Waals surface area contributed by atoms with Crippen LogP contribution in [-0.2, 0) is 5.60 Å². The molecule has 1 aromatic rings. The first-order chi connectivity index (χ1) is 6.45. The maximum atomic E-state index is 13.0. The topological polar surface area (TPSA) is 20.2 Å². The minimum Gasteiger partial charge on any atom is -0.385 e. The van der Waals surface area contributed by atoms with Gasteiger partial charge in [0.25, 0.3) is 0 Å². The zero-order chi connectivity index (χ0) is 10.8. The first-order valence-corrected chi connectivity index (χ1v) is 5.02. The molecule has 0 unspecified atom stereocenters. The normalized spacial score (nSPS) is 15.2. The molecule has 0 aliphatic rings. The molecule has 0 saturated heterocycles. The van der Waals surface area contributed by atoms with Crippen LogP contribution in [0.4, 0.5) is 4.39 Å². The Morgan fingerprint density at radius 3 is 2.57 bits per heavy atom. The van der Waals surface area contributed by atoms with E-state index in [2.05, 4.69) is 0 Å². The van der Waals surface area contributed by atoms with E-state index in [0.29, 0.717) is 17.0 Å². The molecule has 0 aliphatic heterocycles. The van der Waals surface area contributed by atoms with E-state index in [-0.39, 0.29) is 0 Å². The highest BCUT2D eigenvalue weighted by Gasteiger charge is 2.22. The molecule has 0 bridgehead atoms. The summed E-state index contributed by atoms with van der Waals surface area (Å²) in [6.45, 7) is 3.64. The number of rotatable bonds is 3. The molecule has 0 amide bonds. The van der Waals surface area contributed by atoms with E-state index < -0.39 is 11.4 Å². The number of hydrogen-bond acceptors (Lipinski definition) is 1. The second-order valence-corrected chi connectivity index (χ2v) is 4.12. The first kappa shape index (κ1) is 11.5. The van der Waals surface area contributed by atoms with Crippen LogP contribution in [0.1, 0.15) is 32.3 Å². The summed E-state index contributed by atoms with van der Waals surface area (Å²) in [6.07, 6.45) is 1.42. The van der Waals surface area contributed by atoms with Crippen molar-refractivity contribution in [3.63, 3.8) is 0 Å². The lowest BCUT2D eigenvalue weighted by atomic mass is 9.91. The monoisotopic (exact) mass is 216 g/mol. The molecule has 14 heavy (non-hydrogen) atoms. The van der Waals surface area contributed by atoms with Gasteiger partial charge in [0, 0.05) is 5.02 Å². The minimum atomic E-state index is -1.000. The molecule has 0 fully saturated rings. The average molecular weight is 217 g/mol. The molecular weight excluding hydrogens is 203 g/mol. The van der Waals surface area contributed by atoms with E-state index >= 15 is 0 Å². The van der Waals surface area contributed by atoms with E-state index in [1.807, 2.05) is 6.92 Å². The van der Waals surface area contributed by atoms with Crippen molar-refractivity contribution in [3.8, 4) is 0 Å². The van der Waals surface area contributed by atoms with Gasteiger partial charge >= 0.3 is 0 Å². The van der Waals surface area contributed by atoms with Gasteiger partial charge < -0.3 is 5.11 Å². The zero-order valence-corrected chi connectivity index (χ0v) is 9.11. The lowest BCUT2D eigenvalue weighted by Gasteiger charge is -2.23. The smallest absolute Gasteiger partial charge is 0.125 e. The van der Waals surface area contributed by atoms with Gasteiger partial charge in [-0.15, -0.1) is 0 Å². The largest absolute Gasteiger partial charge is 0.385 e. The maximum absolute atomic E-state index is 13.0. The van der Waals surface area contributed by atoms with Crippen molar-refractivity contribution in [2.45, 2.75) is 32.3 Å². The molecule has 3 heteroatoms. The third-order valence-corrected chi connectivity index (χ3v) is 2.44. The predicted octanol–water partition coefficient (Wildman–Crippen LogP) is 3.49. The van der Waals surface area contributed by atoms with E-state index in [9.17, 15) is 9.50 Å². The number of benzene rings is 1. The van der Waals surface area contributed by atoms with E-state index in [1.54, 1.807) is 13.0 Å². The molecule has 0 heterocycles. The van der Waals surface area contributed by atoms with Crippen LogP contribution in [-0.4, -0.2) is 5.11 Å². The summed E-state index contributed by atoms with van der Waals surface area (Å²) in [6, 6.07) is 4.15. The van der Waals surface area contributed by atoms with Crippen molar-refractivity contribution in [2.75, 3.05) is 0 Å². The molecular formula is C11H14ClFO. The van der Waals surface area contributed by atoms with Crippen LogP contribution in [0.25, 0.3) is 0 Å². The number of halogens is 2. The molecule has 0 aromatic heterocycles. The van der Waals surface area contributed by atoms with Crippen molar-refractivity contribution in [3.05, 3.63) is 34.6 Å². The Balaban J connectivity index is 3.05. The fourth-order valence-electron chi connectivity index (χ4n) is 1.50. The first-order valence-electron chi connectivity index (χ1n) is 4.64.